The van der Waals surface area contributed by atoms with Crippen LogP contribution in [0.1, 0.15) is 23.0 Å². The summed E-state index contributed by atoms with van der Waals surface area (Å²) in [6.07, 6.45) is 7.44. The van der Waals surface area contributed by atoms with E-state index in [1.54, 1.807) is 12.4 Å². The topological polar surface area (TPSA) is 55.1 Å². The monoisotopic (exact) mass is 349 g/mol. The second kappa shape index (κ2) is 7.01. The van der Waals surface area contributed by atoms with Gasteiger partial charge in [0.15, 0.2) is 0 Å². The van der Waals surface area contributed by atoms with Crippen molar-refractivity contribution in [2.45, 2.75) is 12.6 Å². The van der Waals surface area contributed by atoms with Crippen molar-refractivity contribution >= 4 is 17.4 Å². The van der Waals surface area contributed by atoms with Gasteiger partial charge in [-0.1, -0.05) is 29.8 Å². The Morgan fingerprint density at radius 1 is 1.04 bits per heavy atom. The van der Waals surface area contributed by atoms with Gasteiger partial charge >= 0.3 is 0 Å². The molecule has 124 valence electrons. The van der Waals surface area contributed by atoms with Crippen molar-refractivity contribution in [1.29, 1.82) is 0 Å². The Labute approximate surface area is 150 Å². The molecule has 3 aromatic heterocycles. The SMILES string of the molecule is Clc1cccc([C@H](NCc2cn3cccnc3n2)c2ccccn2)c1. The van der Waals surface area contributed by atoms with Crippen LogP contribution in [0, 0.1) is 0 Å². The Hall–Kier alpha value is -2.76. The summed E-state index contributed by atoms with van der Waals surface area (Å²) in [6, 6.07) is 15.5. The van der Waals surface area contributed by atoms with Crippen LogP contribution in [-0.4, -0.2) is 19.4 Å². The minimum Gasteiger partial charge on any atom is -0.299 e. The predicted octanol–water partition coefficient (Wildman–Crippen LogP) is 3.66. The summed E-state index contributed by atoms with van der Waals surface area (Å²) in [4.78, 5) is 13.3. The maximum Gasteiger partial charge on any atom is 0.233 e. The summed E-state index contributed by atoms with van der Waals surface area (Å²) >= 11 is 6.17. The summed E-state index contributed by atoms with van der Waals surface area (Å²) in [6.45, 7) is 0.594. The van der Waals surface area contributed by atoms with Crippen molar-refractivity contribution in [2.24, 2.45) is 0 Å². The third-order valence-corrected chi connectivity index (χ3v) is 4.17. The molecule has 25 heavy (non-hydrogen) atoms. The molecule has 6 heteroatoms. The number of benzene rings is 1. The lowest BCUT2D eigenvalue weighted by molar-refractivity contribution is 0.586. The molecule has 5 nitrogen and oxygen atoms in total. The van der Waals surface area contributed by atoms with Crippen molar-refractivity contribution in [3.05, 3.63) is 95.3 Å². The summed E-state index contributed by atoms with van der Waals surface area (Å²) in [7, 11) is 0. The molecule has 1 atom stereocenters. The minimum absolute atomic E-state index is 0.0716. The van der Waals surface area contributed by atoms with E-state index in [0.29, 0.717) is 17.3 Å². The van der Waals surface area contributed by atoms with Gasteiger partial charge in [0.25, 0.3) is 0 Å². The smallest absolute Gasteiger partial charge is 0.233 e. The van der Waals surface area contributed by atoms with Crippen LogP contribution in [0.3, 0.4) is 0 Å². The maximum absolute atomic E-state index is 6.17. The van der Waals surface area contributed by atoms with E-state index in [2.05, 4.69) is 20.3 Å². The van der Waals surface area contributed by atoms with Crippen LogP contribution in [0.25, 0.3) is 5.78 Å². The molecule has 0 spiro atoms. The molecule has 1 N–H and O–H groups in total. The van der Waals surface area contributed by atoms with Gasteiger partial charge in [-0.05, 0) is 35.9 Å². The molecule has 0 aliphatic rings. The first-order valence-electron chi connectivity index (χ1n) is 7.98. The van der Waals surface area contributed by atoms with Crippen molar-refractivity contribution in [2.75, 3.05) is 0 Å². The van der Waals surface area contributed by atoms with E-state index in [-0.39, 0.29) is 6.04 Å². The fraction of sp³-hybridized carbons (Fsp3) is 0.105. The standard InChI is InChI=1S/C19H16ClN5/c20-15-6-3-5-14(11-15)18(17-7-1-2-8-21-17)23-12-16-13-25-10-4-9-22-19(25)24-16/h1-11,13,18,23H,12H2/t18-/m0/s1. The highest BCUT2D eigenvalue weighted by Gasteiger charge is 2.16. The first-order valence-corrected chi connectivity index (χ1v) is 8.36. The highest BCUT2D eigenvalue weighted by Crippen LogP contribution is 2.23. The fourth-order valence-electron chi connectivity index (χ4n) is 2.80. The van der Waals surface area contributed by atoms with Gasteiger partial charge in [0.2, 0.25) is 5.78 Å². The Morgan fingerprint density at radius 2 is 1.96 bits per heavy atom. The second-order valence-corrected chi connectivity index (χ2v) is 6.12. The summed E-state index contributed by atoms with van der Waals surface area (Å²) in [5.41, 5.74) is 2.92. The third-order valence-electron chi connectivity index (χ3n) is 3.94. The van der Waals surface area contributed by atoms with E-state index in [1.807, 2.05) is 65.3 Å². The Bertz CT molecular complexity index is 950. The molecule has 0 amide bonds. The number of fused-ring (bicyclic) bond motifs is 1. The van der Waals surface area contributed by atoms with E-state index >= 15 is 0 Å². The van der Waals surface area contributed by atoms with Crippen molar-refractivity contribution < 1.29 is 0 Å². The molecule has 0 aliphatic carbocycles. The third kappa shape index (κ3) is 3.52. The quantitative estimate of drug-likeness (QED) is 0.597. The molecule has 0 unspecified atom stereocenters. The van der Waals surface area contributed by atoms with Gasteiger partial charge in [-0.25, -0.2) is 9.97 Å². The zero-order chi connectivity index (χ0) is 17.1. The summed E-state index contributed by atoms with van der Waals surface area (Å²) < 4.78 is 1.91. The number of nitrogens with zero attached hydrogens (tertiary/aromatic N) is 4. The number of hydrogen-bond acceptors (Lipinski definition) is 4. The van der Waals surface area contributed by atoms with Gasteiger partial charge in [0.05, 0.1) is 17.4 Å². The van der Waals surface area contributed by atoms with Crippen LogP contribution in [0.15, 0.2) is 73.3 Å². The van der Waals surface area contributed by atoms with Gasteiger partial charge < -0.3 is 0 Å². The number of nitrogens with one attached hydrogen (secondary N) is 1. The van der Waals surface area contributed by atoms with E-state index in [9.17, 15) is 0 Å². The van der Waals surface area contributed by atoms with Crippen LogP contribution >= 0.6 is 11.6 Å². The van der Waals surface area contributed by atoms with Crippen LogP contribution < -0.4 is 5.32 Å². The van der Waals surface area contributed by atoms with E-state index in [0.717, 1.165) is 17.0 Å². The maximum atomic E-state index is 6.17. The molecule has 0 radical (unpaired) electrons. The van der Waals surface area contributed by atoms with Crippen molar-refractivity contribution in [3.8, 4) is 0 Å². The molecular weight excluding hydrogens is 334 g/mol. The fourth-order valence-corrected chi connectivity index (χ4v) is 3.00. The number of aromatic nitrogens is 4. The van der Waals surface area contributed by atoms with Gasteiger partial charge in [-0.3, -0.25) is 14.7 Å². The number of hydrogen-bond donors (Lipinski definition) is 1. The van der Waals surface area contributed by atoms with Crippen LogP contribution in [-0.2, 0) is 6.54 Å². The molecule has 1 aromatic carbocycles. The lowest BCUT2D eigenvalue weighted by atomic mass is 10.0. The molecule has 0 saturated heterocycles. The molecule has 0 aliphatic heterocycles. The Balaban J connectivity index is 1.62. The van der Waals surface area contributed by atoms with Gasteiger partial charge in [-0.2, -0.15) is 0 Å². The molecule has 0 fully saturated rings. The number of imidazole rings is 1. The van der Waals surface area contributed by atoms with Crippen LogP contribution in [0.5, 0.6) is 0 Å². The number of halogens is 1. The molecule has 0 bridgehead atoms. The lowest BCUT2D eigenvalue weighted by Gasteiger charge is -2.18. The zero-order valence-electron chi connectivity index (χ0n) is 13.4. The Kier molecular flexibility index (Phi) is 4.41. The summed E-state index contributed by atoms with van der Waals surface area (Å²) in [5, 5.41) is 4.24. The first-order chi connectivity index (χ1) is 12.3. The van der Waals surface area contributed by atoms with Crippen LogP contribution in [0.2, 0.25) is 5.02 Å². The molecule has 4 aromatic rings. The molecule has 0 saturated carbocycles. The highest BCUT2D eigenvalue weighted by molar-refractivity contribution is 6.30. The van der Waals surface area contributed by atoms with Crippen LogP contribution in [0.4, 0.5) is 0 Å². The van der Waals surface area contributed by atoms with Crippen molar-refractivity contribution in [1.82, 2.24) is 24.7 Å². The highest BCUT2D eigenvalue weighted by atomic mass is 35.5. The number of rotatable bonds is 5. The van der Waals surface area contributed by atoms with Gasteiger partial charge in [0.1, 0.15) is 0 Å². The molecular formula is C19H16ClN5. The minimum atomic E-state index is -0.0716. The van der Waals surface area contributed by atoms with E-state index in [4.69, 9.17) is 11.6 Å². The summed E-state index contributed by atoms with van der Waals surface area (Å²) in [5.74, 6) is 0.691. The largest absolute Gasteiger partial charge is 0.299 e. The predicted molar refractivity (Wildman–Crippen MR) is 97.4 cm³/mol. The van der Waals surface area contributed by atoms with Crippen molar-refractivity contribution in [3.63, 3.8) is 0 Å². The number of pyridine rings is 1. The van der Waals surface area contributed by atoms with Gasteiger partial charge in [0, 0.05) is 36.4 Å². The Morgan fingerprint density at radius 3 is 2.76 bits per heavy atom. The first kappa shape index (κ1) is 15.7. The van der Waals surface area contributed by atoms with E-state index < -0.39 is 0 Å². The molecule has 4 rings (SSSR count). The zero-order valence-corrected chi connectivity index (χ0v) is 14.1. The van der Waals surface area contributed by atoms with E-state index in [1.165, 1.54) is 0 Å². The lowest BCUT2D eigenvalue weighted by Crippen LogP contribution is -2.23. The molecule has 3 heterocycles. The average Bonchev–Trinajstić information content (AvgIpc) is 3.06. The normalized spacial score (nSPS) is 12.4. The van der Waals surface area contributed by atoms with Gasteiger partial charge in [-0.15, -0.1) is 0 Å². The average molecular weight is 350 g/mol. The second-order valence-electron chi connectivity index (χ2n) is 5.68.